The van der Waals surface area contributed by atoms with E-state index < -0.39 is 0 Å². The lowest BCUT2D eigenvalue weighted by molar-refractivity contribution is 0.796. The molecule has 0 radical (unpaired) electrons. The topological polar surface area (TPSA) is 18.0 Å². The predicted octanol–water partition coefficient (Wildman–Crippen LogP) is 13.7. The molecular weight excluding hydrogens is 705 g/mol. The summed E-state index contributed by atoms with van der Waals surface area (Å²) in [6.45, 7) is 0. The summed E-state index contributed by atoms with van der Waals surface area (Å²) >= 11 is 0. The van der Waals surface area contributed by atoms with Crippen LogP contribution >= 0.6 is 0 Å². The van der Waals surface area contributed by atoms with Crippen molar-refractivity contribution in [1.82, 2.24) is 13.7 Å². The molecular formula is C54H36N4. The minimum atomic E-state index is 0.254. The van der Waals surface area contributed by atoms with E-state index in [4.69, 9.17) is 0 Å². The SMILES string of the molecule is C1=C2C(Cc3c1n(-c1ccccc1)c1ccc(-n4c5ccccc5c5cc6c7ccccc7n(-c7ccccc7)c6cc54)cc31)c1ccccc1N2c1ccccc1. The first kappa shape index (κ1) is 31.6. The average Bonchev–Trinajstić information content (AvgIpc) is 4.00. The first-order valence-electron chi connectivity index (χ1n) is 20.2. The number of benzene rings is 8. The minimum Gasteiger partial charge on any atom is -0.313 e. The third-order valence-corrected chi connectivity index (χ3v) is 12.7. The van der Waals surface area contributed by atoms with Crippen LogP contribution in [-0.2, 0) is 6.42 Å². The molecule has 0 saturated carbocycles. The van der Waals surface area contributed by atoms with Gasteiger partial charge in [-0.1, -0.05) is 109 Å². The second-order valence-corrected chi connectivity index (χ2v) is 15.7. The highest BCUT2D eigenvalue weighted by Crippen LogP contribution is 2.53. The van der Waals surface area contributed by atoms with Crippen molar-refractivity contribution in [2.45, 2.75) is 12.3 Å². The maximum absolute atomic E-state index is 2.49. The number of para-hydroxylation sites is 6. The zero-order chi connectivity index (χ0) is 37.9. The van der Waals surface area contributed by atoms with Crippen molar-refractivity contribution in [2.24, 2.45) is 0 Å². The Balaban J connectivity index is 1.09. The molecule has 1 aliphatic carbocycles. The van der Waals surface area contributed by atoms with Crippen LogP contribution in [0.4, 0.5) is 11.4 Å². The van der Waals surface area contributed by atoms with Gasteiger partial charge in [-0.15, -0.1) is 0 Å². The zero-order valence-electron chi connectivity index (χ0n) is 31.6. The van der Waals surface area contributed by atoms with E-state index in [1.54, 1.807) is 0 Å². The van der Waals surface area contributed by atoms with Gasteiger partial charge in [0.05, 0.1) is 33.3 Å². The van der Waals surface area contributed by atoms with Crippen molar-refractivity contribution in [3.05, 3.63) is 217 Å². The van der Waals surface area contributed by atoms with E-state index in [0.717, 1.165) is 12.1 Å². The van der Waals surface area contributed by atoms with E-state index >= 15 is 0 Å². The highest BCUT2D eigenvalue weighted by Gasteiger charge is 2.39. The molecule has 0 N–H and O–H groups in total. The number of rotatable bonds is 4. The number of hydrogen-bond donors (Lipinski definition) is 0. The molecule has 4 heterocycles. The quantitative estimate of drug-likeness (QED) is 0.176. The molecule has 1 atom stereocenters. The summed E-state index contributed by atoms with van der Waals surface area (Å²) in [6.07, 6.45) is 3.40. The Morgan fingerprint density at radius 2 is 0.897 bits per heavy atom. The van der Waals surface area contributed by atoms with Crippen molar-refractivity contribution in [3.8, 4) is 17.1 Å². The zero-order valence-corrected chi connectivity index (χ0v) is 31.6. The fourth-order valence-corrected chi connectivity index (χ4v) is 10.3. The third kappa shape index (κ3) is 4.34. The molecule has 8 aromatic carbocycles. The number of nitrogens with zero attached hydrogens (tertiary/aromatic N) is 4. The number of hydrogen-bond acceptors (Lipinski definition) is 1. The predicted molar refractivity (Wildman–Crippen MR) is 241 cm³/mol. The molecule has 4 nitrogen and oxygen atoms in total. The van der Waals surface area contributed by atoms with Gasteiger partial charge in [0.1, 0.15) is 0 Å². The van der Waals surface area contributed by atoms with Gasteiger partial charge < -0.3 is 18.6 Å². The van der Waals surface area contributed by atoms with Crippen LogP contribution in [-0.4, -0.2) is 13.7 Å². The van der Waals surface area contributed by atoms with Crippen LogP contribution in [0.25, 0.3) is 77.7 Å². The third-order valence-electron chi connectivity index (χ3n) is 12.7. The molecule has 3 aromatic heterocycles. The van der Waals surface area contributed by atoms with Gasteiger partial charge in [0.25, 0.3) is 0 Å². The molecule has 0 fully saturated rings. The van der Waals surface area contributed by atoms with Crippen LogP contribution in [0.2, 0.25) is 0 Å². The molecule has 4 heteroatoms. The molecule has 2 aliphatic rings. The fourth-order valence-electron chi connectivity index (χ4n) is 10.3. The van der Waals surface area contributed by atoms with Crippen LogP contribution in [0.3, 0.4) is 0 Å². The summed E-state index contributed by atoms with van der Waals surface area (Å²) in [4.78, 5) is 2.48. The van der Waals surface area contributed by atoms with E-state index in [-0.39, 0.29) is 5.92 Å². The standard InChI is InChI=1S/C54H36N4/c1-4-16-35(17-5-1)55-47-25-13-10-22-39(47)43-31-44-41-24-12-15-27-49(41)58(53(44)33-51(43)55)38-28-29-50-42(30-38)46-32-45-40-23-11-14-26-48(40)56(36-18-6-2-7-19-36)52(45)34-54(46)57(50)37-20-8-3-9-21-37/h1-31,33-34,45H,32H2. The maximum atomic E-state index is 2.49. The molecule has 0 bridgehead atoms. The summed E-state index contributed by atoms with van der Waals surface area (Å²) in [5, 5.41) is 6.35. The lowest BCUT2D eigenvalue weighted by Crippen LogP contribution is -2.18. The van der Waals surface area contributed by atoms with E-state index in [0.29, 0.717) is 0 Å². The number of allylic oxidation sites excluding steroid dienone is 1. The molecule has 1 unspecified atom stereocenters. The highest BCUT2D eigenvalue weighted by atomic mass is 15.2. The van der Waals surface area contributed by atoms with Crippen molar-refractivity contribution in [1.29, 1.82) is 0 Å². The monoisotopic (exact) mass is 740 g/mol. The van der Waals surface area contributed by atoms with Crippen molar-refractivity contribution in [2.75, 3.05) is 4.90 Å². The summed E-state index contributed by atoms with van der Waals surface area (Å²) in [5.41, 5.74) is 17.4. The van der Waals surface area contributed by atoms with Crippen LogP contribution in [0.1, 0.15) is 22.7 Å². The molecule has 1 aliphatic heterocycles. The molecule has 0 amide bonds. The number of fused-ring (bicyclic) bond motifs is 12. The van der Waals surface area contributed by atoms with E-state index in [2.05, 4.69) is 219 Å². The summed E-state index contributed by atoms with van der Waals surface area (Å²) < 4.78 is 7.40. The molecule has 0 saturated heterocycles. The van der Waals surface area contributed by atoms with Gasteiger partial charge in [-0.2, -0.15) is 0 Å². The van der Waals surface area contributed by atoms with Gasteiger partial charge in [-0.05, 0) is 109 Å². The largest absolute Gasteiger partial charge is 0.313 e. The number of aromatic nitrogens is 3. The van der Waals surface area contributed by atoms with Gasteiger partial charge in [-0.3, -0.25) is 0 Å². The van der Waals surface area contributed by atoms with Crippen LogP contribution < -0.4 is 4.90 Å². The lowest BCUT2D eigenvalue weighted by Gasteiger charge is -2.27. The van der Waals surface area contributed by atoms with Crippen molar-refractivity contribution < 1.29 is 0 Å². The van der Waals surface area contributed by atoms with Crippen LogP contribution in [0.15, 0.2) is 200 Å². The van der Waals surface area contributed by atoms with Crippen molar-refractivity contribution in [3.63, 3.8) is 0 Å². The average molecular weight is 741 g/mol. The minimum absolute atomic E-state index is 0.254. The Morgan fingerprint density at radius 1 is 0.362 bits per heavy atom. The van der Waals surface area contributed by atoms with Gasteiger partial charge in [-0.25, -0.2) is 0 Å². The lowest BCUT2D eigenvalue weighted by atomic mass is 9.86. The molecule has 272 valence electrons. The normalized spacial score (nSPS) is 14.7. The molecule has 58 heavy (non-hydrogen) atoms. The Hall–Kier alpha value is -7.56. The molecule has 0 spiro atoms. The first-order chi connectivity index (χ1) is 28.8. The van der Waals surface area contributed by atoms with E-state index in [9.17, 15) is 0 Å². The van der Waals surface area contributed by atoms with Gasteiger partial charge in [0.15, 0.2) is 0 Å². The van der Waals surface area contributed by atoms with Gasteiger partial charge >= 0.3 is 0 Å². The Morgan fingerprint density at radius 3 is 1.57 bits per heavy atom. The maximum Gasteiger partial charge on any atom is 0.0562 e. The Labute approximate surface area is 335 Å². The first-order valence-corrected chi connectivity index (χ1v) is 20.2. The van der Waals surface area contributed by atoms with Crippen LogP contribution in [0, 0.1) is 0 Å². The van der Waals surface area contributed by atoms with Gasteiger partial charge in [0.2, 0.25) is 0 Å². The van der Waals surface area contributed by atoms with E-state index in [1.165, 1.54) is 99.8 Å². The second-order valence-electron chi connectivity index (χ2n) is 15.7. The Bertz CT molecular complexity index is 3470. The molecule has 11 aromatic rings. The Kier molecular flexibility index (Phi) is 6.53. The van der Waals surface area contributed by atoms with Gasteiger partial charge in [0, 0.05) is 67.0 Å². The summed E-state index contributed by atoms with van der Waals surface area (Å²) in [6, 6.07) is 71.2. The van der Waals surface area contributed by atoms with Crippen LogP contribution in [0.5, 0.6) is 0 Å². The fraction of sp³-hybridized carbons (Fsp3) is 0.0370. The van der Waals surface area contributed by atoms with Crippen molar-refractivity contribution >= 4 is 72.0 Å². The second kappa shape index (κ2) is 12.0. The highest BCUT2D eigenvalue weighted by molar-refractivity contribution is 6.19. The summed E-state index contributed by atoms with van der Waals surface area (Å²) in [5.74, 6) is 0.254. The summed E-state index contributed by atoms with van der Waals surface area (Å²) in [7, 11) is 0. The van der Waals surface area contributed by atoms with E-state index in [1.807, 2.05) is 0 Å². The molecule has 13 rings (SSSR count). The number of anilines is 2. The smallest absolute Gasteiger partial charge is 0.0562 e.